The van der Waals surface area contributed by atoms with Crippen molar-refractivity contribution in [1.82, 2.24) is 0 Å². The number of aliphatic hydroxyl groups excluding tert-OH is 1. The SMILES string of the molecule is CC/C=C/C/C=C/C/C=C/C/C=C/C/C=C/C/C=C/C/C=C/CCCC(=O)OCC(O)COCCC(C(=O)O)[N+](C)(C)C. The highest BCUT2D eigenvalue weighted by molar-refractivity contribution is 5.72. The highest BCUT2D eigenvalue weighted by Gasteiger charge is 2.30. The maximum absolute atomic E-state index is 11.9. The Morgan fingerprint density at radius 2 is 1.14 bits per heavy atom. The first kappa shape index (κ1) is 40.0. The topological polar surface area (TPSA) is 93.1 Å². The summed E-state index contributed by atoms with van der Waals surface area (Å²) in [5, 5.41) is 19.2. The highest BCUT2D eigenvalue weighted by atomic mass is 16.5. The number of carboxylic acid groups (broad SMARTS) is 1. The quantitative estimate of drug-likeness (QED) is 0.0469. The smallest absolute Gasteiger partial charge is 0.362 e. The summed E-state index contributed by atoms with van der Waals surface area (Å²) >= 11 is 0. The minimum Gasteiger partial charge on any atom is -0.477 e. The molecule has 242 valence electrons. The van der Waals surface area contributed by atoms with Gasteiger partial charge in [-0.25, -0.2) is 4.79 Å². The highest BCUT2D eigenvalue weighted by Crippen LogP contribution is 2.08. The van der Waals surface area contributed by atoms with Crippen molar-refractivity contribution in [3.05, 3.63) is 85.1 Å². The molecule has 0 heterocycles. The van der Waals surface area contributed by atoms with E-state index in [0.29, 0.717) is 19.3 Å². The van der Waals surface area contributed by atoms with E-state index in [9.17, 15) is 19.8 Å². The van der Waals surface area contributed by atoms with Crippen molar-refractivity contribution < 1.29 is 33.8 Å². The molecule has 0 fully saturated rings. The van der Waals surface area contributed by atoms with Gasteiger partial charge in [-0.05, 0) is 57.8 Å². The number of hydrogen-bond donors (Lipinski definition) is 2. The zero-order valence-electron chi connectivity index (χ0n) is 27.1. The number of allylic oxidation sites excluding steroid dienone is 14. The Kier molecular flexibility index (Phi) is 25.9. The molecule has 0 saturated heterocycles. The van der Waals surface area contributed by atoms with Gasteiger partial charge in [-0.2, -0.15) is 0 Å². The number of unbranched alkanes of at least 4 members (excludes halogenated alkanes) is 1. The molecular weight excluding hydrogens is 542 g/mol. The van der Waals surface area contributed by atoms with Crippen molar-refractivity contribution in [3.8, 4) is 0 Å². The average Bonchev–Trinajstić information content (AvgIpc) is 2.95. The predicted octanol–water partition coefficient (Wildman–Crippen LogP) is 7.27. The molecule has 7 nitrogen and oxygen atoms in total. The number of hydrogen-bond acceptors (Lipinski definition) is 5. The van der Waals surface area contributed by atoms with Gasteiger partial charge in [0.05, 0.1) is 34.4 Å². The first-order valence-electron chi connectivity index (χ1n) is 15.7. The third-order valence-electron chi connectivity index (χ3n) is 6.29. The summed E-state index contributed by atoms with van der Waals surface area (Å²) < 4.78 is 10.8. The van der Waals surface area contributed by atoms with Crippen LogP contribution in [0.15, 0.2) is 85.1 Å². The van der Waals surface area contributed by atoms with Crippen LogP contribution in [0, 0.1) is 0 Å². The molecule has 0 aliphatic heterocycles. The van der Waals surface area contributed by atoms with Gasteiger partial charge < -0.3 is 24.2 Å². The number of ether oxygens (including phenoxy) is 2. The van der Waals surface area contributed by atoms with Gasteiger partial charge in [-0.3, -0.25) is 4.79 Å². The summed E-state index contributed by atoms with van der Waals surface area (Å²) in [7, 11) is 5.45. The lowest BCUT2D eigenvalue weighted by Crippen LogP contribution is -2.50. The molecule has 0 aromatic carbocycles. The lowest BCUT2D eigenvalue weighted by Gasteiger charge is -2.31. The zero-order valence-corrected chi connectivity index (χ0v) is 27.1. The molecule has 7 heteroatoms. The first-order chi connectivity index (χ1) is 20.7. The van der Waals surface area contributed by atoms with Crippen LogP contribution >= 0.6 is 0 Å². The first-order valence-corrected chi connectivity index (χ1v) is 15.7. The Hall–Kier alpha value is -3.00. The van der Waals surface area contributed by atoms with E-state index in [1.165, 1.54) is 0 Å². The van der Waals surface area contributed by atoms with Gasteiger partial charge in [-0.1, -0.05) is 92.0 Å². The Balaban J connectivity index is 3.74. The number of carboxylic acids is 1. The van der Waals surface area contributed by atoms with Crippen LogP contribution in [-0.4, -0.2) is 79.7 Å². The Bertz CT molecular complexity index is 921. The van der Waals surface area contributed by atoms with E-state index in [2.05, 4.69) is 92.0 Å². The molecule has 0 aromatic heterocycles. The van der Waals surface area contributed by atoms with E-state index < -0.39 is 18.1 Å². The molecule has 0 aliphatic rings. The minimum atomic E-state index is -0.933. The monoisotopic (exact) mass is 600 g/mol. The molecule has 0 aromatic rings. The Morgan fingerprint density at radius 1 is 0.698 bits per heavy atom. The number of aliphatic carboxylic acids is 1. The van der Waals surface area contributed by atoms with Crippen molar-refractivity contribution in [2.75, 3.05) is 41.0 Å². The van der Waals surface area contributed by atoms with Crippen molar-refractivity contribution in [2.24, 2.45) is 0 Å². The van der Waals surface area contributed by atoms with E-state index in [1.807, 2.05) is 21.1 Å². The number of likely N-dealkylation sites (N-methyl/N-ethyl adjacent to an activating group) is 1. The van der Waals surface area contributed by atoms with Crippen LogP contribution in [0.2, 0.25) is 0 Å². The summed E-state index contributed by atoms with van der Waals surface area (Å²) in [4.78, 5) is 23.2. The van der Waals surface area contributed by atoms with Gasteiger partial charge in [0.1, 0.15) is 12.7 Å². The van der Waals surface area contributed by atoms with Gasteiger partial charge in [0.15, 0.2) is 6.04 Å². The summed E-state index contributed by atoms with van der Waals surface area (Å²) in [6.45, 7) is 2.22. The van der Waals surface area contributed by atoms with E-state index >= 15 is 0 Å². The van der Waals surface area contributed by atoms with Gasteiger partial charge in [0, 0.05) is 12.8 Å². The average molecular weight is 601 g/mol. The summed E-state index contributed by atoms with van der Waals surface area (Å²) in [6.07, 6.45) is 38.4. The molecule has 0 saturated carbocycles. The van der Waals surface area contributed by atoms with Crippen LogP contribution in [-0.2, 0) is 19.1 Å². The van der Waals surface area contributed by atoms with Gasteiger partial charge in [0.25, 0.3) is 0 Å². The third kappa shape index (κ3) is 27.6. The fraction of sp³-hybridized carbons (Fsp3) is 0.556. The Morgan fingerprint density at radius 3 is 1.56 bits per heavy atom. The van der Waals surface area contributed by atoms with Crippen LogP contribution in [0.4, 0.5) is 0 Å². The van der Waals surface area contributed by atoms with Gasteiger partial charge in [0.2, 0.25) is 0 Å². The van der Waals surface area contributed by atoms with Crippen molar-refractivity contribution in [3.63, 3.8) is 0 Å². The largest absolute Gasteiger partial charge is 0.477 e. The molecule has 0 amide bonds. The fourth-order valence-electron chi connectivity index (χ4n) is 3.84. The number of carbonyl (C=O) groups excluding carboxylic acids is 1. The number of rotatable bonds is 26. The van der Waals surface area contributed by atoms with E-state index in [0.717, 1.165) is 51.4 Å². The maximum atomic E-state index is 11.9. The second-order valence-corrected chi connectivity index (χ2v) is 11.2. The number of carbonyl (C=O) groups is 2. The molecule has 2 N–H and O–H groups in total. The minimum absolute atomic E-state index is 0.00586. The van der Waals surface area contributed by atoms with Crippen molar-refractivity contribution in [1.29, 1.82) is 0 Å². The van der Waals surface area contributed by atoms with E-state index in [-0.39, 0.29) is 30.3 Å². The van der Waals surface area contributed by atoms with Crippen LogP contribution in [0.3, 0.4) is 0 Å². The Labute approximate surface area is 261 Å². The number of esters is 1. The van der Waals surface area contributed by atoms with Crippen LogP contribution in [0.25, 0.3) is 0 Å². The van der Waals surface area contributed by atoms with E-state index in [4.69, 9.17) is 9.47 Å². The molecular formula is C36H58NO6+. The van der Waals surface area contributed by atoms with E-state index in [1.54, 1.807) is 0 Å². The van der Waals surface area contributed by atoms with Crippen LogP contribution in [0.5, 0.6) is 0 Å². The maximum Gasteiger partial charge on any atom is 0.362 e. The normalized spacial score (nSPS) is 14.5. The second-order valence-electron chi connectivity index (χ2n) is 11.2. The summed E-state index contributed by atoms with van der Waals surface area (Å²) in [6, 6.07) is -0.588. The van der Waals surface area contributed by atoms with Crippen LogP contribution in [0.1, 0.15) is 77.6 Å². The molecule has 43 heavy (non-hydrogen) atoms. The predicted molar refractivity (Wildman–Crippen MR) is 178 cm³/mol. The molecule has 2 unspecified atom stereocenters. The summed E-state index contributed by atoms with van der Waals surface area (Å²) in [5.41, 5.74) is 0. The lowest BCUT2D eigenvalue weighted by molar-refractivity contribution is -0.887. The molecule has 0 aliphatic carbocycles. The van der Waals surface area contributed by atoms with Crippen molar-refractivity contribution >= 4 is 11.9 Å². The standard InChI is InChI=1S/C36H57NO6/c1-5-6-7-8-9-10-11-12-13-14-15-16-17-18-19-20-21-22-23-24-25-26-27-28-35(39)43-32-33(38)31-42-30-29-34(36(40)41)37(2,3)4/h6-7,9-10,12-13,15-16,18-19,21-22,24-25,33-34,38H,5,8,11,14,17,20,23,26-32H2,1-4H3/p+1/b7-6+,10-9+,13-12+,16-15+,19-18+,22-21+,25-24+. The molecule has 2 atom stereocenters. The number of aliphatic hydroxyl groups is 1. The molecule has 0 spiro atoms. The van der Waals surface area contributed by atoms with Gasteiger partial charge in [-0.15, -0.1) is 0 Å². The molecule has 0 bridgehead atoms. The molecule has 0 radical (unpaired) electrons. The lowest BCUT2D eigenvalue weighted by atomic mass is 10.1. The second kappa shape index (κ2) is 27.8. The van der Waals surface area contributed by atoms with Gasteiger partial charge >= 0.3 is 11.9 Å². The number of nitrogens with zero attached hydrogens (tertiary/aromatic N) is 1. The summed E-state index contributed by atoms with van der Waals surface area (Å²) in [5.74, 6) is -1.23. The van der Waals surface area contributed by atoms with Crippen molar-refractivity contribution in [2.45, 2.75) is 89.7 Å². The molecule has 0 rings (SSSR count). The fourth-order valence-corrected chi connectivity index (χ4v) is 3.84. The number of quaternary nitrogens is 1. The third-order valence-corrected chi connectivity index (χ3v) is 6.29. The zero-order chi connectivity index (χ0) is 32.0. The van der Waals surface area contributed by atoms with Crippen LogP contribution < -0.4 is 0 Å².